The maximum absolute atomic E-state index is 13.2. The van der Waals surface area contributed by atoms with Crippen molar-refractivity contribution < 1.29 is 4.79 Å². The summed E-state index contributed by atoms with van der Waals surface area (Å²) in [6, 6.07) is 4.03. The number of nitrogens with one attached hydrogen (secondary N) is 1. The van der Waals surface area contributed by atoms with Gasteiger partial charge in [0.05, 0.1) is 6.42 Å². The fourth-order valence-corrected chi connectivity index (χ4v) is 3.63. The molecule has 0 bridgehead atoms. The molecule has 27 heavy (non-hydrogen) atoms. The minimum Gasteiger partial charge on any atom is -0.335 e. The van der Waals surface area contributed by atoms with Crippen LogP contribution >= 0.6 is 0 Å². The maximum atomic E-state index is 13.2. The number of aromatic amines is 1. The molecule has 0 spiro atoms. The monoisotopic (exact) mass is 369 g/mol. The molecule has 2 aromatic heterocycles. The quantitative estimate of drug-likeness (QED) is 0.863. The molecular formula is C20H27N5O2. The van der Waals surface area contributed by atoms with Crippen LogP contribution < -0.4 is 5.56 Å². The Morgan fingerprint density at radius 3 is 2.70 bits per heavy atom. The number of hydrogen-bond donors (Lipinski definition) is 1. The van der Waals surface area contributed by atoms with Crippen LogP contribution in [0.25, 0.3) is 0 Å². The Hall–Kier alpha value is -2.54. The topological polar surface area (TPSA) is 82.2 Å². The number of hydrogen-bond acceptors (Lipinski definition) is 5. The number of nitrogens with zero attached hydrogens (tertiary/aromatic N) is 4. The van der Waals surface area contributed by atoms with Gasteiger partial charge in [0.15, 0.2) is 0 Å². The molecular weight excluding hydrogens is 342 g/mol. The summed E-state index contributed by atoms with van der Waals surface area (Å²) in [7, 11) is 2.10. The van der Waals surface area contributed by atoms with Gasteiger partial charge in [0, 0.05) is 36.2 Å². The normalized spacial score (nSPS) is 15.7. The third-order valence-electron chi connectivity index (χ3n) is 5.19. The van der Waals surface area contributed by atoms with Gasteiger partial charge in [-0.25, -0.2) is 4.98 Å². The lowest BCUT2D eigenvalue weighted by atomic mass is 10.0. The highest BCUT2D eigenvalue weighted by Crippen LogP contribution is 2.19. The zero-order valence-corrected chi connectivity index (χ0v) is 16.2. The average Bonchev–Trinajstić information content (AvgIpc) is 2.64. The molecule has 2 aromatic rings. The molecule has 3 rings (SSSR count). The molecule has 7 heteroatoms. The van der Waals surface area contributed by atoms with E-state index < -0.39 is 0 Å². The maximum Gasteiger partial charge on any atom is 0.254 e. The molecule has 7 nitrogen and oxygen atoms in total. The molecule has 1 saturated heterocycles. The van der Waals surface area contributed by atoms with Gasteiger partial charge in [-0.2, -0.15) is 0 Å². The van der Waals surface area contributed by atoms with E-state index in [2.05, 4.69) is 26.9 Å². The van der Waals surface area contributed by atoms with Crippen LogP contribution in [0.5, 0.6) is 0 Å². The van der Waals surface area contributed by atoms with Crippen molar-refractivity contribution in [3.05, 3.63) is 57.5 Å². The lowest BCUT2D eigenvalue weighted by Crippen LogP contribution is -2.47. The van der Waals surface area contributed by atoms with Crippen molar-refractivity contribution in [3.8, 4) is 0 Å². The number of rotatable bonds is 5. The number of aryl methyl sites for hydroxylation is 2. The highest BCUT2D eigenvalue weighted by Gasteiger charge is 2.28. The zero-order chi connectivity index (χ0) is 19.4. The fourth-order valence-electron chi connectivity index (χ4n) is 3.63. The summed E-state index contributed by atoms with van der Waals surface area (Å²) >= 11 is 0. The number of pyridine rings is 1. The Bertz CT molecular complexity index is 841. The largest absolute Gasteiger partial charge is 0.335 e. The summed E-state index contributed by atoms with van der Waals surface area (Å²) in [5.41, 5.74) is 1.85. The number of H-pyrrole nitrogens is 1. The van der Waals surface area contributed by atoms with Gasteiger partial charge in [0.2, 0.25) is 5.91 Å². The smallest absolute Gasteiger partial charge is 0.254 e. The van der Waals surface area contributed by atoms with Gasteiger partial charge in [0.25, 0.3) is 5.56 Å². The van der Waals surface area contributed by atoms with Crippen molar-refractivity contribution in [1.82, 2.24) is 24.8 Å². The van der Waals surface area contributed by atoms with E-state index in [1.807, 2.05) is 17.0 Å². The first kappa shape index (κ1) is 19.2. The molecule has 0 aliphatic carbocycles. The first-order valence-corrected chi connectivity index (χ1v) is 9.37. The lowest BCUT2D eigenvalue weighted by molar-refractivity contribution is -0.134. The molecule has 1 aliphatic rings. The van der Waals surface area contributed by atoms with Crippen LogP contribution in [0, 0.1) is 13.8 Å². The Labute approximate surface area is 159 Å². The third-order valence-corrected chi connectivity index (χ3v) is 5.19. The molecule has 1 fully saturated rings. The van der Waals surface area contributed by atoms with Gasteiger partial charge < -0.3 is 14.8 Å². The lowest BCUT2D eigenvalue weighted by Gasteiger charge is -2.37. The molecule has 0 saturated carbocycles. The van der Waals surface area contributed by atoms with E-state index in [0.29, 0.717) is 23.6 Å². The summed E-state index contributed by atoms with van der Waals surface area (Å²) < 4.78 is 0. The minimum absolute atomic E-state index is 0.0346. The second-order valence-electron chi connectivity index (χ2n) is 7.31. The second-order valence-corrected chi connectivity index (χ2v) is 7.31. The number of piperidine rings is 1. The predicted molar refractivity (Wildman–Crippen MR) is 103 cm³/mol. The van der Waals surface area contributed by atoms with E-state index in [9.17, 15) is 9.59 Å². The van der Waals surface area contributed by atoms with E-state index in [0.717, 1.165) is 31.5 Å². The van der Waals surface area contributed by atoms with Gasteiger partial charge in [0.1, 0.15) is 5.82 Å². The van der Waals surface area contributed by atoms with E-state index in [-0.39, 0.29) is 23.9 Å². The third kappa shape index (κ3) is 4.80. The highest BCUT2D eigenvalue weighted by molar-refractivity contribution is 5.79. The highest BCUT2D eigenvalue weighted by atomic mass is 16.2. The van der Waals surface area contributed by atoms with E-state index in [4.69, 9.17) is 0 Å². The minimum atomic E-state index is -0.224. The van der Waals surface area contributed by atoms with Gasteiger partial charge in [-0.05, 0) is 58.5 Å². The molecule has 1 aliphatic heterocycles. The van der Waals surface area contributed by atoms with Gasteiger partial charge in [-0.1, -0.05) is 6.07 Å². The standard InChI is InChI=1S/C20H27N5O2/c1-14-18(20(27)23-15(2)22-14)11-19(26)25(13-16-5-4-8-21-12-16)17-6-9-24(3)10-7-17/h4-5,8,12,17H,6-7,9-11,13H2,1-3H3,(H,22,23,27). The van der Waals surface area contributed by atoms with Crippen LogP contribution in [-0.4, -0.2) is 56.8 Å². The van der Waals surface area contributed by atoms with E-state index in [1.54, 1.807) is 26.2 Å². The van der Waals surface area contributed by atoms with Gasteiger partial charge >= 0.3 is 0 Å². The van der Waals surface area contributed by atoms with Crippen LogP contribution in [0.15, 0.2) is 29.3 Å². The molecule has 144 valence electrons. The zero-order valence-electron chi connectivity index (χ0n) is 16.2. The Balaban J connectivity index is 1.83. The number of likely N-dealkylation sites (tertiary alicyclic amines) is 1. The number of aromatic nitrogens is 3. The Morgan fingerprint density at radius 1 is 1.33 bits per heavy atom. The number of carbonyl (C=O) groups excluding carboxylic acids is 1. The molecule has 0 atom stereocenters. The molecule has 0 unspecified atom stereocenters. The summed E-state index contributed by atoms with van der Waals surface area (Å²) in [5, 5.41) is 0. The average molecular weight is 369 g/mol. The Kier molecular flexibility index (Phi) is 6.01. The first-order valence-electron chi connectivity index (χ1n) is 9.37. The van der Waals surface area contributed by atoms with Crippen molar-refractivity contribution in [2.75, 3.05) is 20.1 Å². The molecule has 0 aromatic carbocycles. The summed E-state index contributed by atoms with van der Waals surface area (Å²) in [6.45, 7) is 5.97. The van der Waals surface area contributed by atoms with E-state index >= 15 is 0 Å². The van der Waals surface area contributed by atoms with Crippen molar-refractivity contribution in [3.63, 3.8) is 0 Å². The second kappa shape index (κ2) is 8.43. The van der Waals surface area contributed by atoms with Gasteiger partial charge in [-0.15, -0.1) is 0 Å². The van der Waals surface area contributed by atoms with Gasteiger partial charge in [-0.3, -0.25) is 14.6 Å². The van der Waals surface area contributed by atoms with Crippen molar-refractivity contribution >= 4 is 5.91 Å². The van der Waals surface area contributed by atoms with Crippen LogP contribution in [0.2, 0.25) is 0 Å². The number of carbonyl (C=O) groups is 1. The summed E-state index contributed by atoms with van der Waals surface area (Å²) in [6.07, 6.45) is 5.46. The van der Waals surface area contributed by atoms with Crippen LogP contribution in [0.4, 0.5) is 0 Å². The summed E-state index contributed by atoms with van der Waals surface area (Å²) in [4.78, 5) is 40.9. The molecule has 1 amide bonds. The first-order chi connectivity index (χ1) is 12.9. The van der Waals surface area contributed by atoms with Crippen molar-refractivity contribution in [2.45, 2.75) is 45.7 Å². The fraction of sp³-hybridized carbons (Fsp3) is 0.500. The van der Waals surface area contributed by atoms with Crippen LogP contribution in [-0.2, 0) is 17.8 Å². The van der Waals surface area contributed by atoms with Crippen molar-refractivity contribution in [2.24, 2.45) is 0 Å². The summed E-state index contributed by atoms with van der Waals surface area (Å²) in [5.74, 6) is 0.531. The molecule has 3 heterocycles. The van der Waals surface area contributed by atoms with Crippen LogP contribution in [0.3, 0.4) is 0 Å². The SMILES string of the molecule is Cc1nc(C)c(CC(=O)N(Cc2cccnc2)C2CCN(C)CC2)c(=O)[nH]1. The van der Waals surface area contributed by atoms with E-state index in [1.165, 1.54) is 0 Å². The van der Waals surface area contributed by atoms with Crippen molar-refractivity contribution in [1.29, 1.82) is 0 Å². The molecule has 1 N–H and O–H groups in total. The number of amides is 1. The molecule has 0 radical (unpaired) electrons. The van der Waals surface area contributed by atoms with Crippen LogP contribution in [0.1, 0.15) is 35.5 Å². The predicted octanol–water partition coefficient (Wildman–Crippen LogP) is 1.45. The Morgan fingerprint density at radius 2 is 2.07 bits per heavy atom.